The van der Waals surface area contributed by atoms with E-state index < -0.39 is 0 Å². The minimum atomic E-state index is -0.284. The van der Waals surface area contributed by atoms with Crippen molar-refractivity contribution in [2.45, 2.75) is 19.4 Å². The predicted octanol–water partition coefficient (Wildman–Crippen LogP) is 4.02. The number of nitrogens with one attached hydrogen (secondary N) is 1. The number of rotatable bonds is 5. The van der Waals surface area contributed by atoms with E-state index >= 15 is 0 Å². The van der Waals surface area contributed by atoms with E-state index in [9.17, 15) is 4.39 Å². The molecule has 0 radical (unpaired) electrons. The lowest BCUT2D eigenvalue weighted by atomic mass is 10.0. The fraction of sp³-hybridized carbons (Fsp3) is 0.308. The first-order valence-electron chi connectivity index (χ1n) is 5.78. The smallest absolute Gasteiger partial charge is 0.123 e. The van der Waals surface area contributed by atoms with Crippen molar-refractivity contribution < 1.29 is 4.39 Å². The van der Waals surface area contributed by atoms with Crippen LogP contribution in [0.25, 0.3) is 0 Å². The minimum absolute atomic E-state index is 0.153. The molecule has 0 amide bonds. The monoisotopic (exact) mass is 284 g/mol. The van der Waals surface area contributed by atoms with E-state index in [-0.39, 0.29) is 11.9 Å². The molecular formula is C13H14ClFN2S. The summed E-state index contributed by atoms with van der Waals surface area (Å²) in [4.78, 5) is 4.29. The number of halogens is 2. The van der Waals surface area contributed by atoms with Gasteiger partial charge in [-0.25, -0.2) is 9.37 Å². The second-order valence-electron chi connectivity index (χ2n) is 3.97. The van der Waals surface area contributed by atoms with Gasteiger partial charge in [-0.2, -0.15) is 0 Å². The number of aromatic nitrogens is 1. The van der Waals surface area contributed by atoms with Crippen LogP contribution in [0.4, 0.5) is 4.39 Å². The van der Waals surface area contributed by atoms with Crippen molar-refractivity contribution in [3.63, 3.8) is 0 Å². The van der Waals surface area contributed by atoms with Crippen molar-refractivity contribution in [3.05, 3.63) is 51.2 Å². The Morgan fingerprint density at radius 2 is 2.33 bits per heavy atom. The van der Waals surface area contributed by atoms with E-state index in [1.165, 1.54) is 23.5 Å². The summed E-state index contributed by atoms with van der Waals surface area (Å²) < 4.78 is 13.4. The van der Waals surface area contributed by atoms with Crippen LogP contribution in [0.5, 0.6) is 0 Å². The lowest BCUT2D eigenvalue weighted by Crippen LogP contribution is -2.23. The molecular weight excluding hydrogens is 271 g/mol. The molecule has 18 heavy (non-hydrogen) atoms. The van der Waals surface area contributed by atoms with Gasteiger partial charge in [0.1, 0.15) is 5.82 Å². The molecule has 0 saturated heterocycles. The Bertz CT molecular complexity index is 502. The molecule has 0 fully saturated rings. The predicted molar refractivity (Wildman–Crippen MR) is 73.7 cm³/mol. The molecule has 0 aliphatic heterocycles. The summed E-state index contributed by atoms with van der Waals surface area (Å²) >= 11 is 7.67. The van der Waals surface area contributed by atoms with E-state index in [4.69, 9.17) is 11.6 Å². The molecule has 2 nitrogen and oxygen atoms in total. The van der Waals surface area contributed by atoms with Gasteiger partial charge in [-0.05, 0) is 36.7 Å². The van der Waals surface area contributed by atoms with Gasteiger partial charge in [0.2, 0.25) is 0 Å². The van der Waals surface area contributed by atoms with Gasteiger partial charge in [0.15, 0.2) is 0 Å². The van der Waals surface area contributed by atoms with Crippen LogP contribution in [0.1, 0.15) is 30.6 Å². The Morgan fingerprint density at radius 1 is 1.50 bits per heavy atom. The summed E-state index contributed by atoms with van der Waals surface area (Å²) in [5.41, 5.74) is 3.38. The van der Waals surface area contributed by atoms with Crippen LogP contribution >= 0.6 is 22.9 Å². The summed E-state index contributed by atoms with van der Waals surface area (Å²) in [6.45, 7) is 2.91. The summed E-state index contributed by atoms with van der Waals surface area (Å²) in [6.07, 6.45) is 0.994. The highest BCUT2D eigenvalue weighted by Crippen LogP contribution is 2.28. The summed E-state index contributed by atoms with van der Waals surface area (Å²) in [7, 11) is 0. The Kier molecular flexibility index (Phi) is 4.69. The molecule has 2 rings (SSSR count). The Labute approximate surface area is 115 Å². The van der Waals surface area contributed by atoms with Crippen molar-refractivity contribution in [3.8, 4) is 0 Å². The van der Waals surface area contributed by atoms with Gasteiger partial charge in [-0.3, -0.25) is 0 Å². The third-order valence-corrected chi connectivity index (χ3v) is 3.56. The maximum absolute atomic E-state index is 13.4. The Balaban J connectivity index is 2.36. The zero-order valence-electron chi connectivity index (χ0n) is 9.99. The lowest BCUT2D eigenvalue weighted by Gasteiger charge is -2.18. The molecule has 1 unspecified atom stereocenters. The maximum Gasteiger partial charge on any atom is 0.123 e. The van der Waals surface area contributed by atoms with Crippen molar-refractivity contribution in [1.82, 2.24) is 10.3 Å². The summed E-state index contributed by atoms with van der Waals surface area (Å²) in [5.74, 6) is -0.284. The number of thiazole rings is 1. The largest absolute Gasteiger partial charge is 0.305 e. The third kappa shape index (κ3) is 3.07. The Hall–Kier alpha value is -0.970. The van der Waals surface area contributed by atoms with E-state index in [1.54, 1.807) is 11.6 Å². The first kappa shape index (κ1) is 13.5. The average Bonchev–Trinajstić information content (AvgIpc) is 2.88. The normalized spacial score (nSPS) is 12.6. The SMILES string of the molecule is CCCNC(c1cscn1)c1cc(F)ccc1Cl. The molecule has 0 bridgehead atoms. The van der Waals surface area contributed by atoms with E-state index in [0.717, 1.165) is 24.2 Å². The number of hydrogen-bond acceptors (Lipinski definition) is 3. The third-order valence-electron chi connectivity index (χ3n) is 2.61. The van der Waals surface area contributed by atoms with Crippen LogP contribution < -0.4 is 5.32 Å². The van der Waals surface area contributed by atoms with Crippen LogP contribution in [0.3, 0.4) is 0 Å². The number of benzene rings is 1. The zero-order chi connectivity index (χ0) is 13.0. The van der Waals surface area contributed by atoms with Gasteiger partial charge < -0.3 is 5.32 Å². The minimum Gasteiger partial charge on any atom is -0.305 e. The Morgan fingerprint density at radius 3 is 3.00 bits per heavy atom. The van der Waals surface area contributed by atoms with E-state index in [0.29, 0.717) is 5.02 Å². The highest BCUT2D eigenvalue weighted by Gasteiger charge is 2.18. The first-order valence-corrected chi connectivity index (χ1v) is 7.11. The topological polar surface area (TPSA) is 24.9 Å². The standard InChI is InChI=1S/C13H14ClFN2S/c1-2-5-16-13(12-7-18-8-17-12)10-6-9(15)3-4-11(10)14/h3-4,6-8,13,16H,2,5H2,1H3. The summed E-state index contributed by atoms with van der Waals surface area (Å²) in [6, 6.07) is 4.26. The van der Waals surface area contributed by atoms with Crippen LogP contribution in [0, 0.1) is 5.82 Å². The zero-order valence-corrected chi connectivity index (χ0v) is 11.6. The molecule has 1 heterocycles. The fourth-order valence-corrected chi connectivity index (χ4v) is 2.57. The molecule has 96 valence electrons. The van der Waals surface area contributed by atoms with Crippen molar-refractivity contribution in [2.75, 3.05) is 6.54 Å². The molecule has 2 aromatic rings. The maximum atomic E-state index is 13.4. The van der Waals surface area contributed by atoms with E-state index in [1.807, 2.05) is 5.38 Å². The highest BCUT2D eigenvalue weighted by atomic mass is 35.5. The fourth-order valence-electron chi connectivity index (χ4n) is 1.76. The molecule has 0 saturated carbocycles. The number of hydrogen-bond donors (Lipinski definition) is 1. The van der Waals surface area contributed by atoms with Crippen LogP contribution in [0.15, 0.2) is 29.1 Å². The van der Waals surface area contributed by atoms with Gasteiger partial charge in [0.05, 0.1) is 17.2 Å². The lowest BCUT2D eigenvalue weighted by molar-refractivity contribution is 0.578. The van der Waals surface area contributed by atoms with Crippen LogP contribution in [0.2, 0.25) is 5.02 Å². The molecule has 1 aromatic heterocycles. The van der Waals surface area contributed by atoms with Crippen molar-refractivity contribution in [2.24, 2.45) is 0 Å². The molecule has 1 aromatic carbocycles. The van der Waals surface area contributed by atoms with Gasteiger partial charge in [0, 0.05) is 10.4 Å². The molecule has 1 N–H and O–H groups in total. The van der Waals surface area contributed by atoms with E-state index in [2.05, 4.69) is 17.2 Å². The quantitative estimate of drug-likeness (QED) is 0.897. The highest BCUT2D eigenvalue weighted by molar-refractivity contribution is 7.07. The first-order chi connectivity index (χ1) is 8.72. The molecule has 0 aliphatic rings. The van der Waals surface area contributed by atoms with Crippen LogP contribution in [-0.2, 0) is 0 Å². The molecule has 5 heteroatoms. The van der Waals surface area contributed by atoms with Crippen molar-refractivity contribution in [1.29, 1.82) is 0 Å². The summed E-state index contributed by atoms with van der Waals surface area (Å²) in [5, 5.41) is 5.86. The van der Waals surface area contributed by atoms with Gasteiger partial charge in [-0.1, -0.05) is 18.5 Å². The van der Waals surface area contributed by atoms with Gasteiger partial charge in [0.25, 0.3) is 0 Å². The molecule has 0 aliphatic carbocycles. The second-order valence-corrected chi connectivity index (χ2v) is 5.09. The van der Waals surface area contributed by atoms with Crippen LogP contribution in [-0.4, -0.2) is 11.5 Å². The van der Waals surface area contributed by atoms with Gasteiger partial charge >= 0.3 is 0 Å². The van der Waals surface area contributed by atoms with Gasteiger partial charge in [-0.15, -0.1) is 11.3 Å². The molecule has 1 atom stereocenters. The average molecular weight is 285 g/mol. The number of nitrogens with zero attached hydrogens (tertiary/aromatic N) is 1. The second kappa shape index (κ2) is 6.27. The van der Waals surface area contributed by atoms with Crippen molar-refractivity contribution >= 4 is 22.9 Å². The molecule has 0 spiro atoms.